The molecule has 2 aromatic rings. The quantitative estimate of drug-likeness (QED) is 0.893. The van der Waals surface area contributed by atoms with E-state index in [-0.39, 0.29) is 0 Å². The smallest absolute Gasteiger partial charge is 0.230 e. The lowest BCUT2D eigenvalue weighted by molar-refractivity contribution is 0.122. The van der Waals surface area contributed by atoms with E-state index in [1.807, 2.05) is 17.7 Å². The summed E-state index contributed by atoms with van der Waals surface area (Å²) in [6.07, 6.45) is 0. The van der Waals surface area contributed by atoms with Crippen LogP contribution in [0.1, 0.15) is 6.92 Å². The Bertz CT molecular complexity index is 614. The first-order valence-electron chi connectivity index (χ1n) is 6.82. The Hall–Kier alpha value is -1.25. The third-order valence-electron chi connectivity index (χ3n) is 3.11. The molecule has 112 valence electrons. The Balaban J connectivity index is 1.99. The van der Waals surface area contributed by atoms with Crippen molar-refractivity contribution in [1.82, 2.24) is 15.0 Å². The molecular weight excluding hydrogens is 354 g/mol. The molecule has 1 aliphatic rings. The van der Waals surface area contributed by atoms with E-state index in [0.29, 0.717) is 30.9 Å². The van der Waals surface area contributed by atoms with E-state index in [1.165, 1.54) is 0 Å². The second-order valence-corrected chi connectivity index (χ2v) is 6.14. The Labute approximate surface area is 135 Å². The lowest BCUT2D eigenvalue weighted by atomic mass is 10.3. The van der Waals surface area contributed by atoms with Crippen LogP contribution in [-0.2, 0) is 4.74 Å². The highest BCUT2D eigenvalue weighted by atomic mass is 79.9. The van der Waals surface area contributed by atoms with Gasteiger partial charge in [-0.1, -0.05) is 0 Å². The Kier molecular flexibility index (Phi) is 4.67. The molecule has 0 amide bonds. The molecule has 1 N–H and O–H groups in total. The van der Waals surface area contributed by atoms with Crippen LogP contribution < -0.4 is 10.2 Å². The summed E-state index contributed by atoms with van der Waals surface area (Å²) in [7, 11) is 0. The van der Waals surface area contributed by atoms with Crippen LogP contribution in [-0.4, -0.2) is 47.8 Å². The summed E-state index contributed by atoms with van der Waals surface area (Å²) in [6, 6.07) is 0. The molecule has 0 unspecified atom stereocenters. The number of rotatable bonds is 4. The maximum Gasteiger partial charge on any atom is 0.230 e. The average molecular weight is 370 g/mol. The van der Waals surface area contributed by atoms with E-state index in [9.17, 15) is 0 Å². The highest BCUT2D eigenvalue weighted by Crippen LogP contribution is 2.30. The summed E-state index contributed by atoms with van der Waals surface area (Å²) in [5, 5.41) is 7.24. The fraction of sp³-hybridized carbons (Fsp3) is 0.462. The van der Waals surface area contributed by atoms with Crippen LogP contribution in [0.5, 0.6) is 0 Å². The minimum Gasteiger partial charge on any atom is -0.378 e. The third kappa shape index (κ3) is 3.33. The molecule has 3 rings (SSSR count). The Morgan fingerprint density at radius 2 is 2.10 bits per heavy atom. The number of halogens is 1. The van der Waals surface area contributed by atoms with Crippen molar-refractivity contribution in [2.75, 3.05) is 43.1 Å². The standard InChI is InChI=1S/C13H16BrN5OS/c1-2-15-12-16-11(9-7-21-8-10(9)14)17-13(18-12)19-3-5-20-6-4-19/h7-8H,2-6H2,1H3,(H,15,16,17,18). The molecular formula is C13H16BrN5OS. The summed E-state index contributed by atoms with van der Waals surface area (Å²) >= 11 is 5.16. The van der Waals surface area contributed by atoms with Crippen molar-refractivity contribution in [2.45, 2.75) is 6.92 Å². The first-order chi connectivity index (χ1) is 10.3. The maximum absolute atomic E-state index is 5.39. The van der Waals surface area contributed by atoms with E-state index in [4.69, 9.17) is 4.74 Å². The molecule has 6 nitrogen and oxygen atoms in total. The zero-order valence-corrected chi connectivity index (χ0v) is 14.1. The normalized spacial score (nSPS) is 15.2. The molecule has 0 radical (unpaired) electrons. The van der Waals surface area contributed by atoms with Crippen LogP contribution in [0.15, 0.2) is 15.2 Å². The number of aromatic nitrogens is 3. The van der Waals surface area contributed by atoms with Crippen LogP contribution in [0.4, 0.5) is 11.9 Å². The molecule has 21 heavy (non-hydrogen) atoms. The van der Waals surface area contributed by atoms with Gasteiger partial charge >= 0.3 is 0 Å². The molecule has 3 heterocycles. The third-order valence-corrected chi connectivity index (χ3v) is 4.81. The monoisotopic (exact) mass is 369 g/mol. The van der Waals surface area contributed by atoms with Gasteiger partial charge in [-0.25, -0.2) is 0 Å². The molecule has 1 saturated heterocycles. The minimum absolute atomic E-state index is 0.613. The molecule has 0 bridgehead atoms. The van der Waals surface area contributed by atoms with Crippen LogP contribution in [0.3, 0.4) is 0 Å². The van der Waals surface area contributed by atoms with E-state index < -0.39 is 0 Å². The Morgan fingerprint density at radius 3 is 2.76 bits per heavy atom. The van der Waals surface area contributed by atoms with Crippen molar-refractivity contribution in [3.63, 3.8) is 0 Å². The van der Waals surface area contributed by atoms with Gasteiger partial charge in [-0.2, -0.15) is 26.3 Å². The van der Waals surface area contributed by atoms with Gasteiger partial charge in [0.15, 0.2) is 5.82 Å². The molecule has 1 aliphatic heterocycles. The van der Waals surface area contributed by atoms with Crippen LogP contribution in [0.25, 0.3) is 11.4 Å². The summed E-state index contributed by atoms with van der Waals surface area (Å²) < 4.78 is 6.39. The number of hydrogen-bond acceptors (Lipinski definition) is 7. The lowest BCUT2D eigenvalue weighted by Crippen LogP contribution is -2.37. The number of nitrogens with one attached hydrogen (secondary N) is 1. The van der Waals surface area contributed by atoms with Gasteiger partial charge in [-0.15, -0.1) is 0 Å². The zero-order valence-electron chi connectivity index (χ0n) is 11.7. The summed E-state index contributed by atoms with van der Waals surface area (Å²) in [4.78, 5) is 15.8. The van der Waals surface area contributed by atoms with Gasteiger partial charge in [0.25, 0.3) is 0 Å². The van der Waals surface area contributed by atoms with Crippen molar-refractivity contribution >= 4 is 39.2 Å². The van der Waals surface area contributed by atoms with Crippen molar-refractivity contribution < 1.29 is 4.74 Å². The van der Waals surface area contributed by atoms with E-state index >= 15 is 0 Å². The molecule has 0 atom stereocenters. The molecule has 8 heteroatoms. The summed E-state index contributed by atoms with van der Waals surface area (Å²) in [5.74, 6) is 2.01. The number of morpholine rings is 1. The van der Waals surface area contributed by atoms with Crippen molar-refractivity contribution in [2.24, 2.45) is 0 Å². The molecule has 0 saturated carbocycles. The predicted octanol–water partition coefficient (Wildman–Crippen LogP) is 2.63. The van der Waals surface area contributed by atoms with E-state index in [0.717, 1.165) is 29.7 Å². The summed E-state index contributed by atoms with van der Waals surface area (Å²) in [6.45, 7) is 5.83. The molecule has 0 aliphatic carbocycles. The molecule has 0 spiro atoms. The van der Waals surface area contributed by atoms with Gasteiger partial charge in [0.2, 0.25) is 11.9 Å². The van der Waals surface area contributed by atoms with Gasteiger partial charge in [-0.05, 0) is 22.9 Å². The van der Waals surface area contributed by atoms with Crippen LogP contribution in [0.2, 0.25) is 0 Å². The van der Waals surface area contributed by atoms with Gasteiger partial charge in [-0.3, -0.25) is 0 Å². The van der Waals surface area contributed by atoms with Gasteiger partial charge in [0.1, 0.15) is 0 Å². The largest absolute Gasteiger partial charge is 0.378 e. The SMILES string of the molecule is CCNc1nc(-c2cscc2Br)nc(N2CCOCC2)n1. The Morgan fingerprint density at radius 1 is 1.29 bits per heavy atom. The number of hydrogen-bond donors (Lipinski definition) is 1. The fourth-order valence-electron chi connectivity index (χ4n) is 2.07. The van der Waals surface area contributed by atoms with Gasteiger partial charge < -0.3 is 15.0 Å². The minimum atomic E-state index is 0.613. The van der Waals surface area contributed by atoms with Crippen molar-refractivity contribution in [3.8, 4) is 11.4 Å². The van der Waals surface area contributed by atoms with Crippen LogP contribution >= 0.6 is 27.3 Å². The van der Waals surface area contributed by atoms with Gasteiger partial charge in [0.05, 0.1) is 13.2 Å². The van der Waals surface area contributed by atoms with E-state index in [2.05, 4.69) is 41.1 Å². The first-order valence-corrected chi connectivity index (χ1v) is 8.56. The molecule has 0 aromatic carbocycles. The number of ether oxygens (including phenoxy) is 1. The molecule has 2 aromatic heterocycles. The summed E-state index contributed by atoms with van der Waals surface area (Å²) in [5.41, 5.74) is 0.996. The first kappa shape index (κ1) is 14.7. The van der Waals surface area contributed by atoms with Crippen molar-refractivity contribution in [1.29, 1.82) is 0 Å². The second-order valence-electron chi connectivity index (χ2n) is 4.55. The average Bonchev–Trinajstić information content (AvgIpc) is 2.94. The highest BCUT2D eigenvalue weighted by Gasteiger charge is 2.18. The lowest BCUT2D eigenvalue weighted by Gasteiger charge is -2.27. The van der Waals surface area contributed by atoms with Crippen LogP contribution in [0, 0.1) is 0 Å². The number of thiophene rings is 1. The molecule has 1 fully saturated rings. The van der Waals surface area contributed by atoms with Gasteiger partial charge in [0, 0.05) is 40.4 Å². The maximum atomic E-state index is 5.39. The second kappa shape index (κ2) is 6.67. The zero-order chi connectivity index (χ0) is 14.7. The highest BCUT2D eigenvalue weighted by molar-refractivity contribution is 9.10. The topological polar surface area (TPSA) is 63.2 Å². The van der Waals surface area contributed by atoms with Crippen molar-refractivity contribution in [3.05, 3.63) is 15.2 Å². The predicted molar refractivity (Wildman–Crippen MR) is 88.0 cm³/mol. The number of nitrogens with zero attached hydrogens (tertiary/aromatic N) is 4. The fourth-order valence-corrected chi connectivity index (χ4v) is 3.52. The number of anilines is 2. The van der Waals surface area contributed by atoms with E-state index in [1.54, 1.807) is 11.3 Å².